The molecular formula is C13H12FNO2. The Bertz CT molecular complexity index is 567. The number of fused-ring (bicyclic) bond motifs is 1. The molecule has 0 radical (unpaired) electrons. The molecule has 2 rings (SSSR count). The van der Waals surface area contributed by atoms with Gasteiger partial charge in [0.2, 0.25) is 0 Å². The number of hydrogen-bond acceptors (Lipinski definition) is 3. The largest absolute Gasteiger partial charge is 0.497 e. The Labute approximate surface area is 98.2 Å². The molecule has 0 unspecified atom stereocenters. The number of rotatable bonds is 3. The fourth-order valence-corrected chi connectivity index (χ4v) is 1.63. The van der Waals surface area contributed by atoms with Crippen LogP contribution in [0.4, 0.5) is 4.39 Å². The highest BCUT2D eigenvalue weighted by molar-refractivity contribution is 5.89. The fraction of sp³-hybridized carbons (Fsp3) is 0.154. The molecule has 2 aromatic rings. The van der Waals surface area contributed by atoms with E-state index >= 15 is 0 Å². The second-order valence-corrected chi connectivity index (χ2v) is 3.49. The summed E-state index contributed by atoms with van der Waals surface area (Å²) in [5, 5.41) is 9.40. The van der Waals surface area contributed by atoms with Crippen LogP contribution in [0.3, 0.4) is 0 Å². The van der Waals surface area contributed by atoms with Crippen molar-refractivity contribution in [2.75, 3.05) is 13.7 Å². The Hall–Kier alpha value is -1.94. The fourth-order valence-electron chi connectivity index (χ4n) is 1.63. The van der Waals surface area contributed by atoms with E-state index in [9.17, 15) is 4.39 Å². The van der Waals surface area contributed by atoms with Gasteiger partial charge in [0.25, 0.3) is 0 Å². The lowest BCUT2D eigenvalue weighted by Crippen LogP contribution is -1.91. The standard InChI is InChI=1S/C13H12FNO2/c1-17-9-4-5-13-11(7-9)10(3-2-6-16)12(14)8-15-13/h2-5,7-8,16H,6H2,1H3/b3-2-. The summed E-state index contributed by atoms with van der Waals surface area (Å²) in [6, 6.07) is 5.26. The molecule has 0 saturated heterocycles. The van der Waals surface area contributed by atoms with Crippen LogP contribution in [0.1, 0.15) is 5.56 Å². The van der Waals surface area contributed by atoms with E-state index in [4.69, 9.17) is 9.84 Å². The Morgan fingerprint density at radius 1 is 1.47 bits per heavy atom. The van der Waals surface area contributed by atoms with Crippen LogP contribution in [0.2, 0.25) is 0 Å². The van der Waals surface area contributed by atoms with Crippen molar-refractivity contribution in [2.24, 2.45) is 0 Å². The zero-order chi connectivity index (χ0) is 12.3. The smallest absolute Gasteiger partial charge is 0.149 e. The zero-order valence-corrected chi connectivity index (χ0v) is 9.35. The first-order chi connectivity index (χ1) is 8.26. The SMILES string of the molecule is COc1ccc2ncc(F)c(/C=C\CO)c2c1. The van der Waals surface area contributed by atoms with Crippen LogP contribution < -0.4 is 4.74 Å². The Kier molecular flexibility index (Phi) is 3.35. The van der Waals surface area contributed by atoms with Gasteiger partial charge in [-0.15, -0.1) is 0 Å². The van der Waals surface area contributed by atoms with Gasteiger partial charge in [-0.3, -0.25) is 4.98 Å². The third-order valence-electron chi connectivity index (χ3n) is 2.46. The first-order valence-electron chi connectivity index (χ1n) is 5.16. The molecule has 0 aliphatic heterocycles. The summed E-state index contributed by atoms with van der Waals surface area (Å²) in [4.78, 5) is 4.00. The average Bonchev–Trinajstić information content (AvgIpc) is 2.37. The topological polar surface area (TPSA) is 42.4 Å². The van der Waals surface area contributed by atoms with Gasteiger partial charge < -0.3 is 9.84 Å². The first kappa shape index (κ1) is 11.5. The number of hydrogen-bond donors (Lipinski definition) is 1. The minimum atomic E-state index is -0.421. The summed E-state index contributed by atoms with van der Waals surface area (Å²) in [5.41, 5.74) is 1.09. The van der Waals surface area contributed by atoms with E-state index < -0.39 is 5.82 Å². The molecule has 0 fully saturated rings. The Morgan fingerprint density at radius 3 is 3.00 bits per heavy atom. The number of aliphatic hydroxyl groups excluding tert-OH is 1. The lowest BCUT2D eigenvalue weighted by molar-refractivity contribution is 0.343. The van der Waals surface area contributed by atoms with Crippen molar-refractivity contribution in [3.05, 3.63) is 41.9 Å². The highest BCUT2D eigenvalue weighted by atomic mass is 19.1. The summed E-state index contributed by atoms with van der Waals surface area (Å²) in [5.74, 6) is 0.221. The van der Waals surface area contributed by atoms with E-state index in [1.165, 1.54) is 12.3 Å². The number of pyridine rings is 1. The van der Waals surface area contributed by atoms with Crippen molar-refractivity contribution >= 4 is 17.0 Å². The maximum Gasteiger partial charge on any atom is 0.149 e. The Balaban J connectivity index is 2.68. The highest BCUT2D eigenvalue weighted by Crippen LogP contribution is 2.25. The molecule has 3 nitrogen and oxygen atoms in total. The van der Waals surface area contributed by atoms with Crippen molar-refractivity contribution in [2.45, 2.75) is 0 Å². The van der Waals surface area contributed by atoms with Crippen molar-refractivity contribution in [1.29, 1.82) is 0 Å². The van der Waals surface area contributed by atoms with Crippen LogP contribution in [-0.2, 0) is 0 Å². The first-order valence-corrected chi connectivity index (χ1v) is 5.16. The van der Waals surface area contributed by atoms with Gasteiger partial charge >= 0.3 is 0 Å². The minimum Gasteiger partial charge on any atom is -0.497 e. The summed E-state index contributed by atoms with van der Waals surface area (Å²) in [6.45, 7) is -0.132. The molecule has 0 atom stereocenters. The highest BCUT2D eigenvalue weighted by Gasteiger charge is 2.07. The maximum absolute atomic E-state index is 13.6. The maximum atomic E-state index is 13.6. The number of nitrogens with zero attached hydrogens (tertiary/aromatic N) is 1. The van der Waals surface area contributed by atoms with Crippen LogP contribution in [0.25, 0.3) is 17.0 Å². The van der Waals surface area contributed by atoms with E-state index in [0.29, 0.717) is 22.2 Å². The molecule has 0 saturated carbocycles. The van der Waals surface area contributed by atoms with Crippen molar-refractivity contribution in [3.8, 4) is 5.75 Å². The summed E-state index contributed by atoms with van der Waals surface area (Å²) < 4.78 is 18.7. The van der Waals surface area contributed by atoms with Gasteiger partial charge in [-0.2, -0.15) is 0 Å². The molecular weight excluding hydrogens is 221 g/mol. The van der Waals surface area contributed by atoms with Crippen LogP contribution in [0, 0.1) is 5.82 Å². The molecule has 0 aliphatic rings. The van der Waals surface area contributed by atoms with E-state index in [2.05, 4.69) is 4.98 Å². The molecule has 4 heteroatoms. The minimum absolute atomic E-state index is 0.132. The zero-order valence-electron chi connectivity index (χ0n) is 9.35. The van der Waals surface area contributed by atoms with Gasteiger partial charge in [0, 0.05) is 10.9 Å². The number of ether oxygens (including phenoxy) is 1. The molecule has 0 aliphatic carbocycles. The molecule has 0 spiro atoms. The van der Waals surface area contributed by atoms with Crippen molar-refractivity contribution in [1.82, 2.24) is 4.98 Å². The van der Waals surface area contributed by atoms with Gasteiger partial charge in [-0.05, 0) is 18.2 Å². The monoisotopic (exact) mass is 233 g/mol. The van der Waals surface area contributed by atoms with Gasteiger partial charge in [0.1, 0.15) is 11.6 Å². The number of halogens is 1. The van der Waals surface area contributed by atoms with Crippen LogP contribution in [-0.4, -0.2) is 23.8 Å². The summed E-state index contributed by atoms with van der Waals surface area (Å²) in [6.07, 6.45) is 4.20. The predicted octanol–water partition coefficient (Wildman–Crippen LogP) is 2.39. The van der Waals surface area contributed by atoms with Gasteiger partial charge in [-0.1, -0.05) is 12.2 Å². The molecule has 0 bridgehead atoms. The van der Waals surface area contributed by atoms with E-state index in [0.717, 1.165) is 0 Å². The van der Waals surface area contributed by atoms with Crippen LogP contribution in [0.5, 0.6) is 5.75 Å². The number of benzene rings is 1. The third kappa shape index (κ3) is 2.26. The Morgan fingerprint density at radius 2 is 2.29 bits per heavy atom. The van der Waals surface area contributed by atoms with Crippen molar-refractivity contribution in [3.63, 3.8) is 0 Å². The van der Waals surface area contributed by atoms with Gasteiger partial charge in [-0.25, -0.2) is 4.39 Å². The molecule has 1 N–H and O–H groups in total. The molecule has 17 heavy (non-hydrogen) atoms. The van der Waals surface area contributed by atoms with Crippen molar-refractivity contribution < 1.29 is 14.2 Å². The number of aromatic nitrogens is 1. The number of methoxy groups -OCH3 is 1. The molecule has 1 heterocycles. The van der Waals surface area contributed by atoms with Crippen LogP contribution in [0.15, 0.2) is 30.5 Å². The molecule has 1 aromatic heterocycles. The molecule has 1 aromatic carbocycles. The van der Waals surface area contributed by atoms with E-state index in [1.54, 1.807) is 31.4 Å². The van der Waals surface area contributed by atoms with E-state index in [1.807, 2.05) is 0 Å². The second kappa shape index (κ2) is 4.93. The quantitative estimate of drug-likeness (QED) is 0.885. The second-order valence-electron chi connectivity index (χ2n) is 3.49. The normalized spacial score (nSPS) is 11.2. The molecule has 0 amide bonds. The van der Waals surface area contributed by atoms with Gasteiger partial charge in [0.05, 0.1) is 25.4 Å². The lowest BCUT2D eigenvalue weighted by atomic mass is 10.1. The lowest BCUT2D eigenvalue weighted by Gasteiger charge is -2.05. The average molecular weight is 233 g/mol. The number of aliphatic hydroxyl groups is 1. The predicted molar refractivity (Wildman–Crippen MR) is 64.4 cm³/mol. The van der Waals surface area contributed by atoms with E-state index in [-0.39, 0.29) is 6.61 Å². The molecule has 88 valence electrons. The van der Waals surface area contributed by atoms with Crippen LogP contribution >= 0.6 is 0 Å². The van der Waals surface area contributed by atoms with Gasteiger partial charge in [0.15, 0.2) is 0 Å². The third-order valence-corrected chi connectivity index (χ3v) is 2.46. The summed E-state index contributed by atoms with van der Waals surface area (Å²) in [7, 11) is 1.55. The summed E-state index contributed by atoms with van der Waals surface area (Å²) >= 11 is 0.